The van der Waals surface area contributed by atoms with Crippen molar-refractivity contribution in [1.82, 2.24) is 14.8 Å². The molecule has 1 saturated heterocycles. The molecule has 0 bridgehead atoms. The summed E-state index contributed by atoms with van der Waals surface area (Å²) in [6, 6.07) is 9.07. The van der Waals surface area contributed by atoms with Crippen molar-refractivity contribution in [3.63, 3.8) is 0 Å². The largest absolute Gasteiger partial charge is 0.495 e. The van der Waals surface area contributed by atoms with Gasteiger partial charge in [0.2, 0.25) is 0 Å². The Labute approximate surface area is 222 Å². The molecule has 1 fully saturated rings. The van der Waals surface area contributed by atoms with E-state index in [4.69, 9.17) is 38.8 Å². The van der Waals surface area contributed by atoms with Gasteiger partial charge >= 0.3 is 0 Å². The van der Waals surface area contributed by atoms with E-state index in [2.05, 4.69) is 26.2 Å². The van der Waals surface area contributed by atoms with Gasteiger partial charge < -0.3 is 29.3 Å². The molecule has 2 heterocycles. The molecule has 36 heavy (non-hydrogen) atoms. The molecule has 0 aliphatic carbocycles. The highest BCUT2D eigenvalue weighted by Gasteiger charge is 2.17. The zero-order valence-electron chi connectivity index (χ0n) is 21.3. The fraction of sp³-hybridized carbons (Fsp3) is 0.385. The van der Waals surface area contributed by atoms with Crippen LogP contribution >= 0.6 is 23.2 Å². The Kier molecular flexibility index (Phi) is 8.14. The average Bonchev–Trinajstić information content (AvgIpc) is 2.92. The van der Waals surface area contributed by atoms with Crippen LogP contribution in [0, 0.1) is 11.3 Å². The minimum Gasteiger partial charge on any atom is -0.495 e. The van der Waals surface area contributed by atoms with Crippen LogP contribution in [0.2, 0.25) is 10.0 Å². The number of piperazine rings is 1. The number of nitriles is 1. The topological polar surface area (TPSA) is 82.9 Å². The Morgan fingerprint density at radius 3 is 2.53 bits per heavy atom. The molecular formula is C26H29Cl2N5O3. The number of fused-ring (bicyclic) bond motifs is 1. The van der Waals surface area contributed by atoms with E-state index in [0.29, 0.717) is 68.8 Å². The molecule has 2 aromatic carbocycles. The van der Waals surface area contributed by atoms with Crippen molar-refractivity contribution in [2.45, 2.75) is 6.42 Å². The number of nitrogens with zero attached hydrogens (tertiary/aromatic N) is 4. The van der Waals surface area contributed by atoms with E-state index in [1.807, 2.05) is 12.1 Å². The summed E-state index contributed by atoms with van der Waals surface area (Å²) in [6.07, 6.45) is 2.38. The van der Waals surface area contributed by atoms with Crippen LogP contribution in [0.25, 0.3) is 10.9 Å². The van der Waals surface area contributed by atoms with Crippen molar-refractivity contribution in [3.05, 3.63) is 46.1 Å². The highest BCUT2D eigenvalue weighted by molar-refractivity contribution is 6.37. The predicted molar refractivity (Wildman–Crippen MR) is 143 cm³/mol. The molecule has 1 aromatic heterocycles. The molecule has 1 N–H and O–H groups in total. The molecule has 10 heteroatoms. The number of hydrogen-bond acceptors (Lipinski definition) is 8. The fourth-order valence-electron chi connectivity index (χ4n) is 4.09. The molecule has 0 radical (unpaired) electrons. The van der Waals surface area contributed by atoms with Crippen LogP contribution in [-0.4, -0.2) is 75.4 Å². The average molecular weight is 531 g/mol. The Balaban J connectivity index is 1.54. The molecule has 8 nitrogen and oxygen atoms in total. The van der Waals surface area contributed by atoms with Gasteiger partial charge in [0, 0.05) is 57.8 Å². The molecule has 0 saturated carbocycles. The quantitative estimate of drug-likeness (QED) is 0.378. The molecule has 1 aliphatic heterocycles. The van der Waals surface area contributed by atoms with Crippen molar-refractivity contribution in [2.24, 2.45) is 0 Å². The van der Waals surface area contributed by atoms with E-state index < -0.39 is 0 Å². The van der Waals surface area contributed by atoms with Crippen LogP contribution < -0.4 is 19.5 Å². The Morgan fingerprint density at radius 2 is 1.83 bits per heavy atom. The number of nitrogens with one attached hydrogen (secondary N) is 1. The summed E-state index contributed by atoms with van der Waals surface area (Å²) in [5.41, 5.74) is 2.06. The SMILES string of the molecule is [2H]CN1CCN(CCCOc2cc3ncc(C#N)c(Nc4cc(OC)c(Cl)cc4Cl)c3cc2OC)CC1. The summed E-state index contributed by atoms with van der Waals surface area (Å²) in [5, 5.41) is 14.5. The van der Waals surface area contributed by atoms with Crippen LogP contribution in [0.15, 0.2) is 30.5 Å². The van der Waals surface area contributed by atoms with Crippen molar-refractivity contribution in [1.29, 1.82) is 5.26 Å². The van der Waals surface area contributed by atoms with Crippen molar-refractivity contribution in [2.75, 3.05) is 65.9 Å². The Morgan fingerprint density at radius 1 is 1.06 bits per heavy atom. The Bertz CT molecular complexity index is 1300. The first kappa shape index (κ1) is 24.7. The monoisotopic (exact) mass is 530 g/mol. The van der Waals surface area contributed by atoms with Gasteiger partial charge in [0.05, 0.1) is 53.3 Å². The summed E-state index contributed by atoms with van der Waals surface area (Å²) in [5.74, 6) is 1.58. The second-order valence-corrected chi connectivity index (χ2v) is 9.25. The van der Waals surface area contributed by atoms with Crippen LogP contribution in [0.5, 0.6) is 17.2 Å². The number of rotatable bonds is 9. The van der Waals surface area contributed by atoms with E-state index in [1.165, 1.54) is 13.3 Å². The molecule has 1 aliphatic rings. The maximum atomic E-state index is 9.75. The highest BCUT2D eigenvalue weighted by atomic mass is 35.5. The lowest BCUT2D eigenvalue weighted by Gasteiger charge is -2.32. The molecule has 0 unspecified atom stereocenters. The van der Waals surface area contributed by atoms with Crippen LogP contribution in [0.1, 0.15) is 13.4 Å². The van der Waals surface area contributed by atoms with Crippen LogP contribution in [-0.2, 0) is 0 Å². The van der Waals surface area contributed by atoms with Gasteiger partial charge in [-0.3, -0.25) is 4.98 Å². The number of halogens is 2. The number of methoxy groups -OCH3 is 2. The number of pyridine rings is 1. The number of anilines is 2. The number of likely N-dealkylation sites (N-methyl/N-ethyl adjacent to an activating group) is 1. The van der Waals surface area contributed by atoms with E-state index in [9.17, 15) is 5.26 Å². The van der Waals surface area contributed by atoms with E-state index in [-0.39, 0.29) is 0 Å². The molecule has 0 spiro atoms. The summed E-state index contributed by atoms with van der Waals surface area (Å²) in [7, 11) is 3.46. The predicted octanol–water partition coefficient (Wildman–Crippen LogP) is 5.19. The fourth-order valence-corrected chi connectivity index (χ4v) is 4.60. The molecule has 0 amide bonds. The summed E-state index contributed by atoms with van der Waals surface area (Å²) < 4.78 is 24.5. The van der Waals surface area contributed by atoms with Gasteiger partial charge in [-0.05, 0) is 25.6 Å². The van der Waals surface area contributed by atoms with Gasteiger partial charge in [0.25, 0.3) is 0 Å². The summed E-state index contributed by atoms with van der Waals surface area (Å²) >= 11 is 12.6. The summed E-state index contributed by atoms with van der Waals surface area (Å²) in [4.78, 5) is 9.01. The van der Waals surface area contributed by atoms with Gasteiger partial charge in [0.15, 0.2) is 11.5 Å². The van der Waals surface area contributed by atoms with Gasteiger partial charge in [-0.1, -0.05) is 23.2 Å². The first-order chi connectivity index (χ1) is 18.0. The smallest absolute Gasteiger partial charge is 0.163 e. The zero-order valence-corrected chi connectivity index (χ0v) is 21.8. The number of ether oxygens (including phenoxy) is 3. The van der Waals surface area contributed by atoms with Crippen molar-refractivity contribution >= 4 is 45.5 Å². The number of benzene rings is 2. The third-order valence-electron chi connectivity index (χ3n) is 6.12. The zero-order chi connectivity index (χ0) is 26.4. The molecule has 190 valence electrons. The maximum Gasteiger partial charge on any atom is 0.163 e. The molecule has 0 atom stereocenters. The number of aromatic nitrogens is 1. The number of hydrogen-bond donors (Lipinski definition) is 1. The molecule has 3 aromatic rings. The Hall–Kier alpha value is -2.96. The van der Waals surface area contributed by atoms with Crippen molar-refractivity contribution < 1.29 is 15.6 Å². The van der Waals surface area contributed by atoms with Crippen LogP contribution in [0.3, 0.4) is 0 Å². The lowest BCUT2D eigenvalue weighted by Crippen LogP contribution is -2.44. The normalized spacial score (nSPS) is 14.8. The minimum absolute atomic E-state index is 0.346. The molecular weight excluding hydrogens is 501 g/mol. The second-order valence-electron chi connectivity index (χ2n) is 8.43. The lowest BCUT2D eigenvalue weighted by molar-refractivity contribution is 0.145. The van der Waals surface area contributed by atoms with Gasteiger partial charge in [-0.2, -0.15) is 5.26 Å². The summed E-state index contributed by atoms with van der Waals surface area (Å²) in [6.45, 7) is 5.28. The minimum atomic E-state index is 0.346. The van der Waals surface area contributed by atoms with E-state index >= 15 is 0 Å². The van der Waals surface area contributed by atoms with Crippen molar-refractivity contribution in [3.8, 4) is 23.3 Å². The lowest BCUT2D eigenvalue weighted by atomic mass is 10.1. The highest BCUT2D eigenvalue weighted by Crippen LogP contribution is 2.40. The third-order valence-corrected chi connectivity index (χ3v) is 6.72. The van der Waals surface area contributed by atoms with Gasteiger partial charge in [0.1, 0.15) is 11.8 Å². The van der Waals surface area contributed by atoms with Crippen LogP contribution in [0.4, 0.5) is 11.4 Å². The molecule has 4 rings (SSSR count). The van der Waals surface area contributed by atoms with Gasteiger partial charge in [-0.15, -0.1) is 0 Å². The maximum absolute atomic E-state index is 9.75. The first-order valence-electron chi connectivity index (χ1n) is 12.3. The van der Waals surface area contributed by atoms with Gasteiger partial charge in [-0.25, -0.2) is 0 Å². The second kappa shape index (κ2) is 11.8. The first-order valence-corrected chi connectivity index (χ1v) is 12.3. The standard InChI is InChI=1S/C26H29Cl2N5O3/c1-32-6-8-33(9-7-32)5-4-10-36-25-13-21-18(11-24(25)35-3)26(17(15-29)16-30-21)31-22-14-23(34-2)20(28)12-19(22)27/h11-14,16H,4-10H2,1-3H3,(H,30,31)/i1D. The van der Waals surface area contributed by atoms with E-state index in [0.717, 1.165) is 39.1 Å². The third kappa shape index (κ3) is 5.88. The van der Waals surface area contributed by atoms with E-state index in [1.54, 1.807) is 19.2 Å².